The van der Waals surface area contributed by atoms with E-state index in [1.165, 1.54) is 91.2 Å². The Morgan fingerprint density at radius 2 is 0.878 bits per heavy atom. The molecule has 4 aromatic carbocycles. The van der Waals surface area contributed by atoms with Crippen molar-refractivity contribution in [3.05, 3.63) is 103 Å². The van der Waals surface area contributed by atoms with Gasteiger partial charge in [0.1, 0.15) is 0 Å². The molecule has 4 aromatic rings. The molecule has 2 aliphatic rings. The van der Waals surface area contributed by atoms with Crippen molar-refractivity contribution >= 4 is 22.5 Å². The molecule has 2 aliphatic carbocycles. The molecule has 3 heteroatoms. The van der Waals surface area contributed by atoms with Gasteiger partial charge in [0.25, 0.3) is 0 Å². The van der Waals surface area contributed by atoms with Gasteiger partial charge < -0.3 is 0 Å². The van der Waals surface area contributed by atoms with Crippen LogP contribution >= 0.6 is 6.60 Å². The summed E-state index contributed by atoms with van der Waals surface area (Å²) in [5.74, 6) is 2.07. The molecule has 2 nitrogen and oxygen atoms in total. The molecule has 6 rings (SSSR count). The van der Waals surface area contributed by atoms with E-state index in [9.17, 15) is 0 Å². The summed E-state index contributed by atoms with van der Waals surface area (Å²) in [6, 6.07) is 38.8. The van der Waals surface area contributed by atoms with Gasteiger partial charge in [0.2, 0.25) is 0 Å². The maximum absolute atomic E-state index is 6.41. The zero-order valence-electron chi connectivity index (χ0n) is 24.8. The van der Waals surface area contributed by atoms with Gasteiger partial charge in [-0.2, -0.15) is 0 Å². The predicted molar refractivity (Wildman–Crippen MR) is 177 cm³/mol. The molecule has 0 unspecified atom stereocenters. The molecule has 2 fully saturated rings. The number of ether oxygens (including phenoxy) is 2. The van der Waals surface area contributed by atoms with Gasteiger partial charge >= 0.3 is 247 Å². The van der Waals surface area contributed by atoms with Gasteiger partial charge in [0, 0.05) is 0 Å². The van der Waals surface area contributed by atoms with Crippen molar-refractivity contribution in [2.24, 2.45) is 0 Å². The van der Waals surface area contributed by atoms with Crippen LogP contribution in [-0.4, -0.2) is 25.5 Å². The second-order valence-corrected chi connectivity index (χ2v) is 17.5. The van der Waals surface area contributed by atoms with E-state index in [1.807, 2.05) is 14.2 Å². The average molecular weight is 565 g/mol. The molecule has 0 spiro atoms. The summed E-state index contributed by atoms with van der Waals surface area (Å²) in [5, 5.41) is 4.41. The van der Waals surface area contributed by atoms with Gasteiger partial charge in [0.15, 0.2) is 0 Å². The van der Waals surface area contributed by atoms with E-state index in [0.717, 1.165) is 11.5 Å². The maximum atomic E-state index is 6.41. The zero-order chi connectivity index (χ0) is 28.1. The molecular formula is C38H45O2P. The van der Waals surface area contributed by atoms with E-state index in [-0.39, 0.29) is 0 Å². The normalized spacial score (nSPS) is 17.9. The Balaban J connectivity index is 1.90. The molecule has 0 saturated heterocycles. The second kappa shape index (κ2) is 12.0. The molecule has 0 aromatic heterocycles. The molecule has 0 heterocycles. The van der Waals surface area contributed by atoms with E-state index in [0.29, 0.717) is 11.3 Å². The molecule has 41 heavy (non-hydrogen) atoms. The van der Waals surface area contributed by atoms with Gasteiger partial charge in [-0.1, -0.05) is 0 Å². The van der Waals surface area contributed by atoms with Crippen molar-refractivity contribution in [1.29, 1.82) is 0 Å². The van der Waals surface area contributed by atoms with Gasteiger partial charge in [0.05, 0.1) is 0 Å². The predicted octanol–water partition coefficient (Wildman–Crippen LogP) is 8.87. The van der Waals surface area contributed by atoms with Crippen LogP contribution in [0, 0.1) is 0 Å². The number of methoxy groups -OCH3 is 2. The van der Waals surface area contributed by atoms with Crippen LogP contribution in [0.1, 0.15) is 64.2 Å². The van der Waals surface area contributed by atoms with Crippen LogP contribution in [0.25, 0.3) is 11.1 Å². The number of hydrogen-bond donors (Lipinski definition) is 0. The first kappa shape index (κ1) is 28.0. The number of benzene rings is 4. The van der Waals surface area contributed by atoms with Crippen LogP contribution in [-0.2, 0) is 0 Å². The summed E-state index contributed by atoms with van der Waals surface area (Å²) in [7, 11) is 3.74. The van der Waals surface area contributed by atoms with Crippen molar-refractivity contribution in [3.63, 3.8) is 0 Å². The summed E-state index contributed by atoms with van der Waals surface area (Å²) in [6.07, 6.45) is 12.8. The molecule has 0 amide bonds. The first-order valence-corrected chi connectivity index (χ1v) is 18.1. The zero-order valence-corrected chi connectivity index (χ0v) is 25.7. The molecule has 2 saturated carbocycles. The Labute approximate surface area is 247 Å². The van der Waals surface area contributed by atoms with Gasteiger partial charge in [-0.25, -0.2) is 0 Å². The Kier molecular flexibility index (Phi) is 8.23. The quantitative estimate of drug-likeness (QED) is 0.199. The SMILES string of the molecule is COc1ccccc1P(c1ccccc1OC)(c1ccccc1-c1ccccc1)(C1CCCCC1)C1CCCCC1. The van der Waals surface area contributed by atoms with Crippen LogP contribution in [0.2, 0.25) is 0 Å². The summed E-state index contributed by atoms with van der Waals surface area (Å²) in [5.41, 5.74) is 3.72. The van der Waals surface area contributed by atoms with Crippen LogP contribution in [0.3, 0.4) is 0 Å². The van der Waals surface area contributed by atoms with Crippen molar-refractivity contribution in [2.45, 2.75) is 75.5 Å². The van der Waals surface area contributed by atoms with Crippen molar-refractivity contribution in [1.82, 2.24) is 0 Å². The minimum atomic E-state index is -3.33. The Morgan fingerprint density at radius 1 is 0.463 bits per heavy atom. The Morgan fingerprint density at radius 3 is 1.37 bits per heavy atom. The van der Waals surface area contributed by atoms with E-state index in [1.54, 1.807) is 0 Å². The summed E-state index contributed by atoms with van der Waals surface area (Å²) >= 11 is 0. The first-order valence-electron chi connectivity index (χ1n) is 15.7. The molecular weight excluding hydrogens is 519 g/mol. The van der Waals surface area contributed by atoms with Crippen LogP contribution < -0.4 is 25.4 Å². The summed E-state index contributed by atoms with van der Waals surface area (Å²) in [6.45, 7) is -3.33. The molecule has 214 valence electrons. The van der Waals surface area contributed by atoms with E-state index >= 15 is 0 Å². The molecule has 0 N–H and O–H groups in total. The van der Waals surface area contributed by atoms with Crippen LogP contribution in [0.15, 0.2) is 103 Å². The van der Waals surface area contributed by atoms with E-state index < -0.39 is 6.60 Å². The van der Waals surface area contributed by atoms with Crippen molar-refractivity contribution in [2.75, 3.05) is 14.2 Å². The third kappa shape index (κ3) is 4.33. The standard InChI is InChI=1S/C38H45O2P/c1-39-34-25-13-16-28-37(34)41(31-20-8-4-9-21-31,32-22-10-5-11-23-32,38-29-17-14-26-35(38)40-2)36-27-15-12-24-33(36)30-18-6-3-7-19-30/h3,6-7,12-19,24-29,31-32H,4-5,8-11,20-23H2,1-2H3. The third-order valence-corrected chi connectivity index (χ3v) is 18.7. The van der Waals surface area contributed by atoms with Gasteiger partial charge in [-0.15, -0.1) is 0 Å². The number of hydrogen-bond acceptors (Lipinski definition) is 2. The second-order valence-electron chi connectivity index (χ2n) is 12.1. The molecule has 0 aliphatic heterocycles. The monoisotopic (exact) mass is 564 g/mol. The molecule has 0 radical (unpaired) electrons. The topological polar surface area (TPSA) is 18.5 Å². The van der Waals surface area contributed by atoms with Crippen LogP contribution in [0.5, 0.6) is 11.5 Å². The minimum absolute atomic E-state index is 0.523. The fourth-order valence-electron chi connectivity index (χ4n) is 8.91. The summed E-state index contributed by atoms with van der Waals surface area (Å²) in [4.78, 5) is 0. The van der Waals surface area contributed by atoms with Crippen molar-refractivity contribution in [3.8, 4) is 22.6 Å². The van der Waals surface area contributed by atoms with Crippen LogP contribution in [0.4, 0.5) is 0 Å². The van der Waals surface area contributed by atoms with Gasteiger partial charge in [-0.3, -0.25) is 0 Å². The Hall–Kier alpha value is -3.09. The van der Waals surface area contributed by atoms with E-state index in [4.69, 9.17) is 9.47 Å². The number of para-hydroxylation sites is 2. The average Bonchev–Trinajstić information content (AvgIpc) is 3.07. The fraction of sp³-hybridized carbons (Fsp3) is 0.368. The van der Waals surface area contributed by atoms with E-state index in [2.05, 4.69) is 103 Å². The number of rotatable bonds is 8. The Bertz CT molecular complexity index is 1380. The summed E-state index contributed by atoms with van der Waals surface area (Å²) < 4.78 is 12.8. The molecule has 0 bridgehead atoms. The van der Waals surface area contributed by atoms with Gasteiger partial charge in [-0.05, 0) is 0 Å². The van der Waals surface area contributed by atoms with Crippen molar-refractivity contribution < 1.29 is 9.47 Å². The first-order chi connectivity index (χ1) is 20.3. The fourth-order valence-corrected chi connectivity index (χ4v) is 18.8. The third-order valence-electron chi connectivity index (χ3n) is 10.4. The molecule has 0 atom stereocenters.